The fourth-order valence-electron chi connectivity index (χ4n) is 2.88. The highest BCUT2D eigenvalue weighted by Crippen LogP contribution is 2.31. The number of benzene rings is 1. The zero-order valence-electron chi connectivity index (χ0n) is 14.4. The van der Waals surface area contributed by atoms with Crippen LogP contribution in [0.4, 0.5) is 4.79 Å². The normalized spacial score (nSPS) is 20.0. The molecule has 1 aromatic rings. The van der Waals surface area contributed by atoms with Gasteiger partial charge in [-0.3, -0.25) is 0 Å². The molecule has 0 unspecified atom stereocenters. The average molecular weight is 321 g/mol. The van der Waals surface area contributed by atoms with Crippen molar-refractivity contribution in [2.45, 2.75) is 57.8 Å². The number of carbonyl (C=O) groups is 1. The summed E-state index contributed by atoms with van der Waals surface area (Å²) in [7, 11) is 1.60. The Hall–Kier alpha value is -1.75. The zero-order chi connectivity index (χ0) is 17.0. The van der Waals surface area contributed by atoms with E-state index in [0.717, 1.165) is 24.8 Å². The van der Waals surface area contributed by atoms with E-state index in [9.17, 15) is 9.90 Å². The predicted molar refractivity (Wildman–Crippen MR) is 88.5 cm³/mol. The summed E-state index contributed by atoms with van der Waals surface area (Å²) in [5, 5.41) is 10.8. The molecule has 1 saturated heterocycles. The van der Waals surface area contributed by atoms with E-state index < -0.39 is 11.7 Å². The van der Waals surface area contributed by atoms with Gasteiger partial charge in [-0.05, 0) is 57.7 Å². The van der Waals surface area contributed by atoms with Crippen LogP contribution in [-0.2, 0) is 4.74 Å². The van der Waals surface area contributed by atoms with Gasteiger partial charge in [0.2, 0.25) is 0 Å². The van der Waals surface area contributed by atoms with E-state index in [0.29, 0.717) is 12.3 Å². The molecule has 1 amide bonds. The smallest absolute Gasteiger partial charge is 0.410 e. The molecule has 1 aliphatic rings. The Balaban J connectivity index is 2.18. The van der Waals surface area contributed by atoms with E-state index >= 15 is 0 Å². The van der Waals surface area contributed by atoms with Crippen molar-refractivity contribution in [1.82, 2.24) is 4.90 Å². The van der Waals surface area contributed by atoms with Gasteiger partial charge in [0, 0.05) is 6.54 Å². The fourth-order valence-corrected chi connectivity index (χ4v) is 2.88. The molecule has 5 nitrogen and oxygen atoms in total. The summed E-state index contributed by atoms with van der Waals surface area (Å²) >= 11 is 0. The van der Waals surface area contributed by atoms with Crippen LogP contribution in [0.15, 0.2) is 24.3 Å². The summed E-state index contributed by atoms with van der Waals surface area (Å²) in [5.74, 6) is 0.696. The number of aliphatic hydroxyl groups excluding tert-OH is 1. The molecule has 2 rings (SSSR count). The van der Waals surface area contributed by atoms with Gasteiger partial charge in [-0.1, -0.05) is 12.1 Å². The number of amides is 1. The summed E-state index contributed by atoms with van der Waals surface area (Å²) in [4.78, 5) is 14.1. The Labute approximate surface area is 138 Å². The second kappa shape index (κ2) is 7.21. The second-order valence-electron chi connectivity index (χ2n) is 6.96. The van der Waals surface area contributed by atoms with Crippen molar-refractivity contribution in [1.29, 1.82) is 0 Å². The summed E-state index contributed by atoms with van der Waals surface area (Å²) < 4.78 is 10.7. The molecule has 1 aromatic carbocycles. The van der Waals surface area contributed by atoms with Crippen LogP contribution in [0.1, 0.15) is 51.7 Å². The number of methoxy groups -OCH3 is 1. The Bertz CT molecular complexity index is 538. The van der Waals surface area contributed by atoms with E-state index in [1.807, 2.05) is 45.0 Å². The maximum Gasteiger partial charge on any atom is 0.410 e. The van der Waals surface area contributed by atoms with Crippen LogP contribution in [0.3, 0.4) is 0 Å². The molecule has 0 saturated carbocycles. The molecule has 23 heavy (non-hydrogen) atoms. The molecular formula is C18H27NO4. The lowest BCUT2D eigenvalue weighted by molar-refractivity contribution is -0.0169. The van der Waals surface area contributed by atoms with Gasteiger partial charge in [-0.2, -0.15) is 0 Å². The molecule has 5 heteroatoms. The number of rotatable bonds is 3. The quantitative estimate of drug-likeness (QED) is 0.925. The van der Waals surface area contributed by atoms with E-state index in [1.54, 1.807) is 12.0 Å². The van der Waals surface area contributed by atoms with E-state index in [-0.39, 0.29) is 12.1 Å². The molecule has 0 aliphatic carbocycles. The molecule has 0 bridgehead atoms. The van der Waals surface area contributed by atoms with Crippen molar-refractivity contribution < 1.29 is 19.4 Å². The van der Waals surface area contributed by atoms with Gasteiger partial charge in [0.25, 0.3) is 0 Å². The average Bonchev–Trinajstić information content (AvgIpc) is 2.52. The van der Waals surface area contributed by atoms with Crippen molar-refractivity contribution in [2.75, 3.05) is 13.7 Å². The molecule has 1 N–H and O–H groups in total. The van der Waals surface area contributed by atoms with Gasteiger partial charge < -0.3 is 19.5 Å². The van der Waals surface area contributed by atoms with Crippen molar-refractivity contribution >= 4 is 6.09 Å². The van der Waals surface area contributed by atoms with Crippen molar-refractivity contribution in [3.63, 3.8) is 0 Å². The minimum absolute atomic E-state index is 0.272. The summed E-state index contributed by atoms with van der Waals surface area (Å²) in [6.45, 7) is 6.16. The third kappa shape index (κ3) is 4.61. The molecule has 1 fully saturated rings. The summed E-state index contributed by atoms with van der Waals surface area (Å²) in [6, 6.07) is 7.08. The SMILES string of the molecule is COc1cccc([C@H](O)[C@@H]2CCCCN2C(=O)OC(C)(C)C)c1. The monoisotopic (exact) mass is 321 g/mol. The van der Waals surface area contributed by atoms with E-state index in [2.05, 4.69) is 0 Å². The Morgan fingerprint density at radius 3 is 2.74 bits per heavy atom. The highest BCUT2D eigenvalue weighted by atomic mass is 16.6. The first-order chi connectivity index (χ1) is 10.8. The summed E-state index contributed by atoms with van der Waals surface area (Å²) in [5.41, 5.74) is 0.213. The van der Waals surface area contributed by atoms with Gasteiger partial charge >= 0.3 is 6.09 Å². The van der Waals surface area contributed by atoms with Crippen LogP contribution in [-0.4, -0.2) is 41.4 Å². The Kier molecular flexibility index (Phi) is 5.52. The van der Waals surface area contributed by atoms with E-state index in [4.69, 9.17) is 9.47 Å². The fraction of sp³-hybridized carbons (Fsp3) is 0.611. The highest BCUT2D eigenvalue weighted by molar-refractivity contribution is 5.68. The Morgan fingerprint density at radius 2 is 2.09 bits per heavy atom. The number of hydrogen-bond donors (Lipinski definition) is 1. The van der Waals surface area contributed by atoms with Gasteiger partial charge in [0.15, 0.2) is 0 Å². The number of aliphatic hydroxyl groups is 1. The van der Waals surface area contributed by atoms with Crippen LogP contribution >= 0.6 is 0 Å². The first-order valence-corrected chi connectivity index (χ1v) is 8.13. The van der Waals surface area contributed by atoms with E-state index in [1.165, 1.54) is 0 Å². The number of nitrogens with zero attached hydrogens (tertiary/aromatic N) is 1. The highest BCUT2D eigenvalue weighted by Gasteiger charge is 2.35. The number of hydrogen-bond acceptors (Lipinski definition) is 4. The lowest BCUT2D eigenvalue weighted by atomic mass is 9.93. The number of carbonyl (C=O) groups excluding carboxylic acids is 1. The van der Waals surface area contributed by atoms with Gasteiger partial charge in [0.05, 0.1) is 19.3 Å². The molecule has 2 atom stereocenters. The zero-order valence-corrected chi connectivity index (χ0v) is 14.4. The van der Waals surface area contributed by atoms with Gasteiger partial charge in [-0.15, -0.1) is 0 Å². The minimum Gasteiger partial charge on any atom is -0.497 e. The predicted octanol–water partition coefficient (Wildman–Crippen LogP) is 3.52. The molecule has 1 aliphatic heterocycles. The number of ether oxygens (including phenoxy) is 2. The van der Waals surface area contributed by atoms with Crippen LogP contribution in [0.2, 0.25) is 0 Å². The molecule has 0 aromatic heterocycles. The lowest BCUT2D eigenvalue weighted by Crippen LogP contribution is -2.48. The third-order valence-corrected chi connectivity index (χ3v) is 3.98. The van der Waals surface area contributed by atoms with Crippen molar-refractivity contribution in [3.8, 4) is 5.75 Å². The largest absolute Gasteiger partial charge is 0.497 e. The van der Waals surface area contributed by atoms with Crippen molar-refractivity contribution in [2.24, 2.45) is 0 Å². The number of likely N-dealkylation sites (tertiary alicyclic amines) is 1. The lowest BCUT2D eigenvalue weighted by Gasteiger charge is -2.39. The second-order valence-corrected chi connectivity index (χ2v) is 6.96. The summed E-state index contributed by atoms with van der Waals surface area (Å²) in [6.07, 6.45) is 1.57. The minimum atomic E-state index is -0.752. The Morgan fingerprint density at radius 1 is 1.35 bits per heavy atom. The maximum absolute atomic E-state index is 12.5. The first-order valence-electron chi connectivity index (χ1n) is 8.13. The third-order valence-electron chi connectivity index (χ3n) is 3.98. The molecular weight excluding hydrogens is 294 g/mol. The molecule has 128 valence electrons. The first kappa shape index (κ1) is 17.6. The van der Waals surface area contributed by atoms with Crippen molar-refractivity contribution in [3.05, 3.63) is 29.8 Å². The molecule has 0 radical (unpaired) electrons. The topological polar surface area (TPSA) is 59.0 Å². The van der Waals surface area contributed by atoms with Crippen LogP contribution in [0.25, 0.3) is 0 Å². The van der Waals surface area contributed by atoms with Gasteiger partial charge in [0.1, 0.15) is 11.4 Å². The van der Waals surface area contributed by atoms with Crippen LogP contribution in [0, 0.1) is 0 Å². The van der Waals surface area contributed by atoms with Crippen LogP contribution in [0.5, 0.6) is 5.75 Å². The van der Waals surface area contributed by atoms with Crippen LogP contribution < -0.4 is 4.74 Å². The standard InChI is InChI=1S/C18H27NO4/c1-18(2,3)23-17(21)19-11-6-5-10-15(19)16(20)13-8-7-9-14(12-13)22-4/h7-9,12,15-16,20H,5-6,10-11H2,1-4H3/t15-,16-/m0/s1. The molecule has 0 spiro atoms. The van der Waals surface area contributed by atoms with Gasteiger partial charge in [-0.25, -0.2) is 4.79 Å². The molecule has 1 heterocycles. The number of piperidine rings is 1. The maximum atomic E-state index is 12.5.